The molecule has 2 rings (SSSR count). The van der Waals surface area contributed by atoms with Gasteiger partial charge in [0.1, 0.15) is 0 Å². The average molecular weight is 505 g/mol. The average Bonchev–Trinajstić information content (AvgIpc) is 2.90. The normalized spacial score (nSPS) is 16.9. The van der Waals surface area contributed by atoms with Crippen molar-refractivity contribution in [1.29, 1.82) is 0 Å². The zero-order valence-electron chi connectivity index (χ0n) is 15.9. The summed E-state index contributed by atoms with van der Waals surface area (Å²) in [6.45, 7) is 4.93. The van der Waals surface area contributed by atoms with E-state index in [0.717, 1.165) is 27.3 Å². The zero-order valence-corrected chi connectivity index (χ0v) is 18.9. The third-order valence-corrected chi connectivity index (χ3v) is 5.76. The number of carbonyl (C=O) groups is 2. The number of nitrogens with zero attached hydrogens (tertiary/aromatic N) is 1. The molecule has 0 aromatic heterocycles. The molecule has 6 nitrogen and oxygen atoms in total. The lowest BCUT2D eigenvalue weighted by Gasteiger charge is -2.17. The number of halogens is 1. The summed E-state index contributed by atoms with van der Waals surface area (Å²) in [6.07, 6.45) is 3.30. The first kappa shape index (κ1) is 22.0. The minimum atomic E-state index is -0.269. The zero-order chi connectivity index (χ0) is 20.0. The minimum Gasteiger partial charge on any atom is -0.493 e. The highest BCUT2D eigenvalue weighted by Crippen LogP contribution is 2.37. The molecular formula is C19H24INO5S. The molecule has 0 aliphatic carbocycles. The molecule has 0 spiro atoms. The van der Waals surface area contributed by atoms with Crippen LogP contribution in [0.4, 0.5) is 4.79 Å². The van der Waals surface area contributed by atoms with Crippen molar-refractivity contribution in [1.82, 2.24) is 4.90 Å². The van der Waals surface area contributed by atoms with Crippen LogP contribution in [0.5, 0.6) is 11.5 Å². The fourth-order valence-corrected chi connectivity index (χ4v) is 4.05. The Labute approximate surface area is 177 Å². The van der Waals surface area contributed by atoms with Gasteiger partial charge in [-0.05, 0) is 77.9 Å². The molecule has 1 atom stereocenters. The first-order valence-electron chi connectivity index (χ1n) is 8.69. The van der Waals surface area contributed by atoms with E-state index in [1.807, 2.05) is 19.1 Å². The Hall–Kier alpha value is -1.26. The van der Waals surface area contributed by atoms with Crippen LogP contribution in [-0.2, 0) is 9.53 Å². The van der Waals surface area contributed by atoms with Gasteiger partial charge in [-0.3, -0.25) is 14.5 Å². The van der Waals surface area contributed by atoms with Crippen molar-refractivity contribution in [3.63, 3.8) is 0 Å². The lowest BCUT2D eigenvalue weighted by Crippen LogP contribution is -2.29. The van der Waals surface area contributed by atoms with E-state index in [4.69, 9.17) is 14.2 Å². The molecule has 148 valence electrons. The summed E-state index contributed by atoms with van der Waals surface area (Å²) in [7, 11) is 3.18. The van der Waals surface area contributed by atoms with E-state index in [1.165, 1.54) is 4.90 Å². The molecule has 1 aliphatic rings. The van der Waals surface area contributed by atoms with Crippen LogP contribution < -0.4 is 9.47 Å². The Balaban J connectivity index is 2.24. The fraction of sp³-hybridized carbons (Fsp3) is 0.474. The largest absolute Gasteiger partial charge is 0.493 e. The summed E-state index contributed by atoms with van der Waals surface area (Å²) in [6, 6.07) is 3.73. The van der Waals surface area contributed by atoms with Gasteiger partial charge in [0, 0.05) is 20.3 Å². The fourth-order valence-electron chi connectivity index (χ4n) is 2.43. The molecule has 2 amide bonds. The highest BCUT2D eigenvalue weighted by molar-refractivity contribution is 14.1. The molecule has 0 N–H and O–H groups in total. The number of hydrogen-bond donors (Lipinski definition) is 0. The van der Waals surface area contributed by atoms with Gasteiger partial charge >= 0.3 is 0 Å². The predicted octanol–water partition coefficient (Wildman–Crippen LogP) is 4.55. The number of methoxy groups -OCH3 is 2. The lowest BCUT2D eigenvalue weighted by atomic mass is 10.1. The van der Waals surface area contributed by atoms with E-state index in [9.17, 15) is 9.59 Å². The van der Waals surface area contributed by atoms with Crippen LogP contribution in [0.15, 0.2) is 17.0 Å². The lowest BCUT2D eigenvalue weighted by molar-refractivity contribution is -0.122. The summed E-state index contributed by atoms with van der Waals surface area (Å²) in [5.74, 6) is 1.03. The number of benzene rings is 1. The number of carbonyl (C=O) groups excluding carboxylic acids is 2. The van der Waals surface area contributed by atoms with Gasteiger partial charge in [0.25, 0.3) is 11.1 Å². The standard InChI is InChI=1S/C19H24INO5S/c1-5-12(2)26-17-14(20)9-13(10-15(17)25-4)11-16-18(22)21(19(23)27-16)7-6-8-24-3/h9-12H,5-8H2,1-4H3/b16-11+/t12-/m1/s1. The van der Waals surface area contributed by atoms with Crippen LogP contribution in [0.1, 0.15) is 32.3 Å². The molecule has 1 aliphatic heterocycles. The molecule has 0 radical (unpaired) electrons. The molecule has 0 unspecified atom stereocenters. The van der Waals surface area contributed by atoms with Gasteiger partial charge in [-0.15, -0.1) is 0 Å². The Morgan fingerprint density at radius 3 is 2.67 bits per heavy atom. The van der Waals surface area contributed by atoms with Gasteiger partial charge in [0.2, 0.25) is 0 Å². The van der Waals surface area contributed by atoms with E-state index in [-0.39, 0.29) is 17.3 Å². The second-order valence-corrected chi connectivity index (χ2v) is 8.21. The Morgan fingerprint density at radius 2 is 2.04 bits per heavy atom. The van der Waals surface area contributed by atoms with Crippen molar-refractivity contribution < 1.29 is 23.8 Å². The van der Waals surface area contributed by atoms with E-state index >= 15 is 0 Å². The summed E-state index contributed by atoms with van der Waals surface area (Å²) in [5, 5.41) is -0.249. The molecule has 27 heavy (non-hydrogen) atoms. The van der Waals surface area contributed by atoms with Gasteiger partial charge < -0.3 is 14.2 Å². The quantitative estimate of drug-likeness (QED) is 0.279. The van der Waals surface area contributed by atoms with Crippen molar-refractivity contribution in [3.8, 4) is 11.5 Å². The van der Waals surface area contributed by atoms with Crippen LogP contribution in [0.2, 0.25) is 0 Å². The van der Waals surface area contributed by atoms with Gasteiger partial charge in [-0.2, -0.15) is 0 Å². The van der Waals surface area contributed by atoms with Crippen LogP contribution in [0.25, 0.3) is 6.08 Å². The molecule has 0 bridgehead atoms. The number of amides is 2. The second-order valence-electron chi connectivity index (χ2n) is 6.05. The van der Waals surface area contributed by atoms with Crippen molar-refractivity contribution in [3.05, 3.63) is 26.2 Å². The first-order chi connectivity index (χ1) is 12.9. The second kappa shape index (κ2) is 10.3. The van der Waals surface area contributed by atoms with Crippen molar-refractivity contribution in [2.24, 2.45) is 0 Å². The highest BCUT2D eigenvalue weighted by Gasteiger charge is 2.34. The highest BCUT2D eigenvalue weighted by atomic mass is 127. The molecule has 1 saturated heterocycles. The van der Waals surface area contributed by atoms with Crippen molar-refractivity contribution in [2.75, 3.05) is 27.4 Å². The first-order valence-corrected chi connectivity index (χ1v) is 10.6. The van der Waals surface area contributed by atoms with E-state index in [1.54, 1.807) is 20.3 Å². The SMILES string of the molecule is CC[C@@H](C)Oc1c(I)cc(/C=C2/SC(=O)N(CCCOC)C2=O)cc1OC. The Bertz CT molecular complexity index is 737. The van der Waals surface area contributed by atoms with Gasteiger partial charge in [0.15, 0.2) is 11.5 Å². The maximum absolute atomic E-state index is 12.5. The van der Waals surface area contributed by atoms with Crippen LogP contribution in [0, 0.1) is 3.57 Å². The number of rotatable bonds is 9. The van der Waals surface area contributed by atoms with E-state index < -0.39 is 0 Å². The summed E-state index contributed by atoms with van der Waals surface area (Å²) in [4.78, 5) is 26.3. The summed E-state index contributed by atoms with van der Waals surface area (Å²) < 4.78 is 17.3. The molecule has 0 saturated carbocycles. The van der Waals surface area contributed by atoms with Gasteiger partial charge in [-0.1, -0.05) is 6.92 Å². The smallest absolute Gasteiger partial charge is 0.293 e. The topological polar surface area (TPSA) is 65.1 Å². The molecule has 1 heterocycles. The van der Waals surface area contributed by atoms with Crippen molar-refractivity contribution >= 4 is 51.6 Å². The number of ether oxygens (including phenoxy) is 3. The van der Waals surface area contributed by atoms with E-state index in [2.05, 4.69) is 29.5 Å². The van der Waals surface area contributed by atoms with Crippen molar-refractivity contribution in [2.45, 2.75) is 32.8 Å². The number of hydrogen-bond acceptors (Lipinski definition) is 6. The minimum absolute atomic E-state index is 0.0712. The molecule has 1 aromatic carbocycles. The van der Waals surface area contributed by atoms with Gasteiger partial charge in [-0.25, -0.2) is 0 Å². The molecule has 8 heteroatoms. The Kier molecular flexibility index (Phi) is 8.43. The third-order valence-electron chi connectivity index (χ3n) is 4.05. The van der Waals surface area contributed by atoms with Crippen LogP contribution >= 0.6 is 34.4 Å². The monoisotopic (exact) mass is 505 g/mol. The Morgan fingerprint density at radius 1 is 1.30 bits per heavy atom. The van der Waals surface area contributed by atoms with Gasteiger partial charge in [0.05, 0.1) is 21.7 Å². The van der Waals surface area contributed by atoms with Crippen LogP contribution in [0.3, 0.4) is 0 Å². The summed E-state index contributed by atoms with van der Waals surface area (Å²) >= 11 is 3.15. The number of imide groups is 1. The van der Waals surface area contributed by atoms with Crippen LogP contribution in [-0.4, -0.2) is 49.5 Å². The maximum Gasteiger partial charge on any atom is 0.293 e. The molecular weight excluding hydrogens is 481 g/mol. The third kappa shape index (κ3) is 5.61. The number of thioether (sulfide) groups is 1. The molecule has 1 fully saturated rings. The predicted molar refractivity (Wildman–Crippen MR) is 115 cm³/mol. The molecule has 1 aromatic rings. The summed E-state index contributed by atoms with van der Waals surface area (Å²) in [5.41, 5.74) is 0.787. The maximum atomic E-state index is 12.5. The van der Waals surface area contributed by atoms with E-state index in [0.29, 0.717) is 36.0 Å².